The predicted octanol–water partition coefficient (Wildman–Crippen LogP) is 6.26. The highest BCUT2D eigenvalue weighted by Gasteiger charge is 2.37. The number of aliphatic carboxylic acids is 1. The first-order valence-electron chi connectivity index (χ1n) is 12.3. The first kappa shape index (κ1) is 27.2. The topological polar surface area (TPSA) is 96.8 Å². The highest BCUT2D eigenvalue weighted by Crippen LogP contribution is 2.42. The summed E-state index contributed by atoms with van der Waals surface area (Å²) in [4.78, 5) is 15.1. The Labute approximate surface area is 228 Å². The van der Waals surface area contributed by atoms with E-state index in [4.69, 9.17) is 9.84 Å². The van der Waals surface area contributed by atoms with E-state index >= 15 is 0 Å². The molecule has 1 aliphatic rings. The van der Waals surface area contributed by atoms with Gasteiger partial charge < -0.3 is 9.84 Å². The molecule has 4 aromatic rings. The molecule has 0 fully saturated rings. The van der Waals surface area contributed by atoms with Crippen molar-refractivity contribution in [3.05, 3.63) is 96.7 Å². The Kier molecular flexibility index (Phi) is 7.24. The second kappa shape index (κ2) is 10.6. The van der Waals surface area contributed by atoms with Crippen LogP contribution in [0.1, 0.15) is 18.4 Å². The monoisotopic (exact) mass is 568 g/mol. The first-order chi connectivity index (χ1) is 19.0. The summed E-state index contributed by atoms with van der Waals surface area (Å²) in [5.74, 6) is -0.909. The molecule has 1 aromatic heterocycles. The molecule has 1 aliphatic heterocycles. The number of carbonyl (C=O) groups is 1. The van der Waals surface area contributed by atoms with Crippen LogP contribution in [0.25, 0.3) is 22.4 Å². The van der Waals surface area contributed by atoms with Crippen LogP contribution in [0.3, 0.4) is 0 Å². The van der Waals surface area contributed by atoms with E-state index in [9.17, 15) is 26.4 Å². The highest BCUT2D eigenvalue weighted by atomic mass is 32.2. The van der Waals surface area contributed by atoms with Crippen LogP contribution in [0.4, 0.5) is 18.9 Å². The van der Waals surface area contributed by atoms with Crippen LogP contribution < -0.4 is 9.04 Å². The van der Waals surface area contributed by atoms with E-state index < -0.39 is 38.7 Å². The van der Waals surface area contributed by atoms with E-state index in [0.717, 1.165) is 28.1 Å². The maximum absolute atomic E-state index is 13.8. The van der Waals surface area contributed by atoms with Gasteiger partial charge in [-0.25, -0.2) is 8.42 Å². The van der Waals surface area contributed by atoms with E-state index in [-0.39, 0.29) is 30.8 Å². The average Bonchev–Trinajstić information content (AvgIpc) is 2.95. The van der Waals surface area contributed by atoms with Crippen LogP contribution in [0.5, 0.6) is 5.75 Å². The van der Waals surface area contributed by atoms with Gasteiger partial charge in [0.25, 0.3) is 10.0 Å². The summed E-state index contributed by atoms with van der Waals surface area (Å²) in [5, 5.41) is 9.13. The minimum Gasteiger partial charge on any atom is -0.486 e. The number of fused-ring (bicyclic) bond motifs is 1. The molecule has 206 valence electrons. The minimum atomic E-state index is -4.74. The fourth-order valence-corrected chi connectivity index (χ4v) is 6.11. The normalized spacial score (nSPS) is 15.3. The van der Waals surface area contributed by atoms with Gasteiger partial charge in [0, 0.05) is 23.7 Å². The van der Waals surface area contributed by atoms with Gasteiger partial charge in [0.1, 0.15) is 11.9 Å². The summed E-state index contributed by atoms with van der Waals surface area (Å²) in [6.07, 6.45) is -4.18. The molecular weight excluding hydrogens is 545 g/mol. The number of alkyl halides is 3. The van der Waals surface area contributed by atoms with Gasteiger partial charge in [0.05, 0.1) is 28.4 Å². The van der Waals surface area contributed by atoms with E-state index in [2.05, 4.69) is 4.98 Å². The van der Waals surface area contributed by atoms with Crippen LogP contribution in [0.15, 0.2) is 96.0 Å². The number of sulfonamides is 1. The number of halogens is 3. The minimum absolute atomic E-state index is 0.00585. The number of ether oxygens (including phenoxy) is 1. The molecule has 40 heavy (non-hydrogen) atoms. The van der Waals surface area contributed by atoms with Gasteiger partial charge in [-0.15, -0.1) is 0 Å². The molecule has 5 rings (SSSR count). The molecule has 1 N–H and O–H groups in total. The van der Waals surface area contributed by atoms with Crippen LogP contribution in [-0.4, -0.2) is 37.1 Å². The zero-order valence-electron chi connectivity index (χ0n) is 20.9. The van der Waals surface area contributed by atoms with Crippen molar-refractivity contribution in [2.75, 3.05) is 10.8 Å². The van der Waals surface area contributed by atoms with Crippen LogP contribution in [-0.2, 0) is 21.0 Å². The molecule has 2 heterocycles. The van der Waals surface area contributed by atoms with Crippen LogP contribution in [0.2, 0.25) is 0 Å². The number of carboxylic acid groups (broad SMARTS) is 1. The number of nitrogens with zero attached hydrogens (tertiary/aromatic N) is 2. The van der Waals surface area contributed by atoms with Gasteiger partial charge in [-0.3, -0.25) is 14.1 Å². The van der Waals surface area contributed by atoms with Crippen molar-refractivity contribution < 1.29 is 36.2 Å². The Morgan fingerprint density at radius 3 is 2.48 bits per heavy atom. The molecule has 7 nitrogen and oxygen atoms in total. The van der Waals surface area contributed by atoms with Crippen molar-refractivity contribution in [1.29, 1.82) is 0 Å². The van der Waals surface area contributed by atoms with Crippen molar-refractivity contribution in [2.24, 2.45) is 0 Å². The summed E-state index contributed by atoms with van der Waals surface area (Å²) < 4.78 is 74.8. The third-order valence-corrected chi connectivity index (χ3v) is 8.26. The van der Waals surface area contributed by atoms with E-state index in [1.54, 1.807) is 30.5 Å². The molecule has 11 heteroatoms. The molecular formula is C29H23F3N2O5S. The van der Waals surface area contributed by atoms with E-state index in [1.807, 2.05) is 36.4 Å². The second-order valence-electron chi connectivity index (χ2n) is 9.18. The lowest BCUT2D eigenvalue weighted by molar-refractivity contribution is -0.138. The van der Waals surface area contributed by atoms with Gasteiger partial charge in [-0.2, -0.15) is 13.2 Å². The highest BCUT2D eigenvalue weighted by molar-refractivity contribution is 7.92. The average molecular weight is 569 g/mol. The largest absolute Gasteiger partial charge is 0.486 e. The van der Waals surface area contributed by atoms with Crippen LogP contribution >= 0.6 is 0 Å². The Bertz CT molecular complexity index is 1660. The maximum Gasteiger partial charge on any atom is 0.416 e. The quantitative estimate of drug-likeness (QED) is 0.283. The number of rotatable bonds is 7. The molecule has 1 atom stereocenters. The second-order valence-corrected chi connectivity index (χ2v) is 11.0. The third-order valence-electron chi connectivity index (χ3n) is 6.49. The number of benzene rings is 3. The Balaban J connectivity index is 1.62. The molecule has 0 unspecified atom stereocenters. The SMILES string of the molecule is O=C(O)CC[C@H]1CN(S(=O)(=O)c2cccc(C(F)(F)F)c2)c2cc(-c3cccnc3-c3ccccc3)ccc2O1. The molecule has 0 amide bonds. The van der Waals surface area contributed by atoms with Gasteiger partial charge in [0.15, 0.2) is 0 Å². The number of anilines is 1. The van der Waals surface area contributed by atoms with Crippen molar-refractivity contribution in [2.45, 2.75) is 30.0 Å². The van der Waals surface area contributed by atoms with Crippen molar-refractivity contribution in [3.8, 4) is 28.1 Å². The lowest BCUT2D eigenvalue weighted by Crippen LogP contribution is -2.43. The van der Waals surface area contributed by atoms with Gasteiger partial charge in [-0.05, 0) is 48.4 Å². The van der Waals surface area contributed by atoms with Crippen molar-refractivity contribution >= 4 is 21.7 Å². The first-order valence-corrected chi connectivity index (χ1v) is 13.7. The molecule has 3 aromatic carbocycles. The van der Waals surface area contributed by atoms with E-state index in [0.29, 0.717) is 22.9 Å². The number of hydrogen-bond donors (Lipinski definition) is 1. The summed E-state index contributed by atoms with van der Waals surface area (Å²) in [7, 11) is -4.50. The zero-order chi connectivity index (χ0) is 28.5. The number of carboxylic acids is 1. The summed E-state index contributed by atoms with van der Waals surface area (Å²) in [6, 6.07) is 21.4. The molecule has 0 radical (unpaired) electrons. The van der Waals surface area contributed by atoms with Gasteiger partial charge in [0.2, 0.25) is 0 Å². The molecule has 0 aliphatic carbocycles. The van der Waals surface area contributed by atoms with Gasteiger partial charge >= 0.3 is 12.1 Å². The Hall–Kier alpha value is -4.38. The van der Waals surface area contributed by atoms with Gasteiger partial charge in [-0.1, -0.05) is 48.5 Å². The zero-order valence-corrected chi connectivity index (χ0v) is 21.7. The number of aromatic nitrogens is 1. The lowest BCUT2D eigenvalue weighted by atomic mass is 9.98. The van der Waals surface area contributed by atoms with E-state index in [1.165, 1.54) is 0 Å². The molecule has 0 spiro atoms. The summed E-state index contributed by atoms with van der Waals surface area (Å²) in [5.41, 5.74) is 1.86. The summed E-state index contributed by atoms with van der Waals surface area (Å²) >= 11 is 0. The number of hydrogen-bond acceptors (Lipinski definition) is 5. The summed E-state index contributed by atoms with van der Waals surface area (Å²) in [6.45, 7) is -0.277. The fourth-order valence-electron chi connectivity index (χ4n) is 4.57. The molecule has 0 bridgehead atoms. The smallest absolute Gasteiger partial charge is 0.416 e. The Morgan fingerprint density at radius 1 is 0.975 bits per heavy atom. The van der Waals surface area contributed by atoms with Crippen LogP contribution in [0, 0.1) is 0 Å². The van der Waals surface area contributed by atoms with Crippen molar-refractivity contribution in [1.82, 2.24) is 4.98 Å². The number of pyridine rings is 1. The standard InChI is InChI=1S/C29H23F3N2O5S/c30-29(31,32)21-8-4-9-23(17-21)40(37,38)34-18-22(12-14-27(35)36)39-26-13-11-20(16-25(26)34)24-10-5-15-33-28(24)19-6-2-1-3-7-19/h1-11,13,15-17,22H,12,14,18H2,(H,35,36)/t22-/m0/s1. The third kappa shape index (κ3) is 5.50. The maximum atomic E-state index is 13.8. The lowest BCUT2D eigenvalue weighted by Gasteiger charge is -2.36. The predicted molar refractivity (Wildman–Crippen MR) is 142 cm³/mol. The Morgan fingerprint density at radius 2 is 1.75 bits per heavy atom. The molecule has 0 saturated carbocycles. The van der Waals surface area contributed by atoms with Crippen molar-refractivity contribution in [3.63, 3.8) is 0 Å². The molecule has 0 saturated heterocycles. The fraction of sp³-hybridized carbons (Fsp3) is 0.172.